The fraction of sp³-hybridized carbons (Fsp3) is 0.917. The number of aliphatic carboxylic acids is 1. The van der Waals surface area contributed by atoms with Gasteiger partial charge in [-0.05, 0) is 33.9 Å². The van der Waals surface area contributed by atoms with Crippen LogP contribution in [-0.2, 0) is 14.8 Å². The molecule has 0 amide bonds. The van der Waals surface area contributed by atoms with E-state index in [-0.39, 0.29) is 6.04 Å². The van der Waals surface area contributed by atoms with Gasteiger partial charge in [0.15, 0.2) is 5.25 Å². The third kappa shape index (κ3) is 4.15. The van der Waals surface area contributed by atoms with Crippen LogP contribution in [-0.4, -0.2) is 67.2 Å². The molecule has 0 aliphatic heterocycles. The molecular weight excluding hydrogens is 268 g/mol. The van der Waals surface area contributed by atoms with Crippen molar-refractivity contribution in [1.82, 2.24) is 9.21 Å². The zero-order chi connectivity index (χ0) is 14.6. The van der Waals surface area contributed by atoms with Crippen molar-refractivity contribution in [3.05, 3.63) is 0 Å². The molecule has 0 saturated heterocycles. The number of carboxylic acids is 1. The van der Waals surface area contributed by atoms with Crippen molar-refractivity contribution in [2.45, 2.75) is 43.9 Å². The molecule has 6 nitrogen and oxygen atoms in total. The standard InChI is InChI=1S/C12H24N2O4S/c1-10(12(15)16)19(17,18)14(9-8-13(2)3)11-6-4-5-7-11/h10-11H,4-9H2,1-3H3,(H,15,16). The third-order valence-corrected chi connectivity index (χ3v) is 5.85. The molecule has 0 radical (unpaired) electrons. The number of likely N-dealkylation sites (N-methyl/N-ethyl adjacent to an activating group) is 1. The van der Waals surface area contributed by atoms with Gasteiger partial charge in [-0.2, -0.15) is 4.31 Å². The van der Waals surface area contributed by atoms with E-state index in [1.807, 2.05) is 19.0 Å². The molecular formula is C12H24N2O4S. The van der Waals surface area contributed by atoms with Crippen molar-refractivity contribution in [3.8, 4) is 0 Å². The summed E-state index contributed by atoms with van der Waals surface area (Å²) in [6.45, 7) is 2.20. The SMILES string of the molecule is CC(C(=O)O)S(=O)(=O)N(CCN(C)C)C1CCCC1. The second-order valence-electron chi connectivity index (χ2n) is 5.38. The first kappa shape index (κ1) is 16.4. The molecule has 1 rings (SSSR count). The summed E-state index contributed by atoms with van der Waals surface area (Å²) >= 11 is 0. The summed E-state index contributed by atoms with van der Waals surface area (Å²) in [5.74, 6) is -1.28. The summed E-state index contributed by atoms with van der Waals surface area (Å²) in [4.78, 5) is 12.9. The normalized spacial score (nSPS) is 19.2. The summed E-state index contributed by atoms with van der Waals surface area (Å²) in [6.07, 6.45) is 3.69. The van der Waals surface area contributed by atoms with Crippen LogP contribution in [0.3, 0.4) is 0 Å². The van der Waals surface area contributed by atoms with Crippen molar-refractivity contribution in [3.63, 3.8) is 0 Å². The van der Waals surface area contributed by atoms with E-state index in [0.717, 1.165) is 25.7 Å². The van der Waals surface area contributed by atoms with Gasteiger partial charge in [-0.15, -0.1) is 0 Å². The Bertz CT molecular complexity index is 402. The second-order valence-corrected chi connectivity index (χ2v) is 7.58. The van der Waals surface area contributed by atoms with Crippen LogP contribution in [0.25, 0.3) is 0 Å². The van der Waals surface area contributed by atoms with Crippen molar-refractivity contribution in [2.75, 3.05) is 27.2 Å². The molecule has 1 aliphatic carbocycles. The van der Waals surface area contributed by atoms with E-state index in [1.54, 1.807) is 0 Å². The highest BCUT2D eigenvalue weighted by molar-refractivity contribution is 7.90. The van der Waals surface area contributed by atoms with Gasteiger partial charge in [0.05, 0.1) is 0 Å². The maximum Gasteiger partial charge on any atom is 0.323 e. The third-order valence-electron chi connectivity index (χ3n) is 3.62. The molecule has 0 bridgehead atoms. The van der Waals surface area contributed by atoms with Gasteiger partial charge in [0.1, 0.15) is 0 Å². The van der Waals surface area contributed by atoms with Crippen molar-refractivity contribution >= 4 is 16.0 Å². The highest BCUT2D eigenvalue weighted by Crippen LogP contribution is 2.27. The lowest BCUT2D eigenvalue weighted by Gasteiger charge is -2.30. The molecule has 0 aromatic rings. The Balaban J connectivity index is 2.91. The van der Waals surface area contributed by atoms with E-state index in [0.29, 0.717) is 13.1 Å². The number of hydrogen-bond donors (Lipinski definition) is 1. The lowest BCUT2D eigenvalue weighted by molar-refractivity contribution is -0.136. The molecule has 1 fully saturated rings. The summed E-state index contributed by atoms with van der Waals surface area (Å²) in [6, 6.07) is -0.0354. The minimum absolute atomic E-state index is 0.0354. The maximum absolute atomic E-state index is 12.4. The monoisotopic (exact) mass is 292 g/mol. The van der Waals surface area contributed by atoms with Crippen LogP contribution >= 0.6 is 0 Å². The van der Waals surface area contributed by atoms with Gasteiger partial charge >= 0.3 is 5.97 Å². The lowest BCUT2D eigenvalue weighted by atomic mass is 10.2. The minimum atomic E-state index is -3.77. The second kappa shape index (κ2) is 6.67. The predicted molar refractivity (Wildman–Crippen MR) is 73.5 cm³/mol. The van der Waals surface area contributed by atoms with Crippen LogP contribution in [0.2, 0.25) is 0 Å². The summed E-state index contributed by atoms with van der Waals surface area (Å²) in [7, 11) is -0.0221. The first-order chi connectivity index (χ1) is 8.76. The molecule has 1 atom stereocenters. The highest BCUT2D eigenvalue weighted by Gasteiger charge is 2.38. The Labute approximate surface area is 115 Å². The van der Waals surface area contributed by atoms with Gasteiger partial charge in [0, 0.05) is 19.1 Å². The van der Waals surface area contributed by atoms with E-state index < -0.39 is 21.2 Å². The van der Waals surface area contributed by atoms with E-state index >= 15 is 0 Å². The Morgan fingerprint density at radius 2 is 1.79 bits per heavy atom. The van der Waals surface area contributed by atoms with Gasteiger partial charge in [-0.25, -0.2) is 8.42 Å². The summed E-state index contributed by atoms with van der Waals surface area (Å²) in [5, 5.41) is 7.59. The fourth-order valence-corrected chi connectivity index (χ4v) is 3.96. The molecule has 0 heterocycles. The maximum atomic E-state index is 12.4. The molecule has 1 N–H and O–H groups in total. The Morgan fingerprint density at radius 1 is 1.26 bits per heavy atom. The molecule has 0 aromatic carbocycles. The summed E-state index contributed by atoms with van der Waals surface area (Å²) in [5.41, 5.74) is 0. The smallest absolute Gasteiger partial charge is 0.323 e. The van der Waals surface area contributed by atoms with Crippen molar-refractivity contribution < 1.29 is 18.3 Å². The number of carbonyl (C=O) groups is 1. The van der Waals surface area contributed by atoms with Crippen LogP contribution in [0.15, 0.2) is 0 Å². The zero-order valence-electron chi connectivity index (χ0n) is 11.9. The quantitative estimate of drug-likeness (QED) is 0.743. The molecule has 19 heavy (non-hydrogen) atoms. The Morgan fingerprint density at radius 3 is 2.21 bits per heavy atom. The average molecular weight is 292 g/mol. The number of rotatable bonds is 7. The van der Waals surface area contributed by atoms with E-state index in [1.165, 1.54) is 11.2 Å². The van der Waals surface area contributed by atoms with Gasteiger partial charge in [0.25, 0.3) is 0 Å². The van der Waals surface area contributed by atoms with Crippen LogP contribution in [0.4, 0.5) is 0 Å². The largest absolute Gasteiger partial charge is 0.480 e. The topological polar surface area (TPSA) is 77.9 Å². The molecule has 7 heteroatoms. The number of hydrogen-bond acceptors (Lipinski definition) is 4. The van der Waals surface area contributed by atoms with Crippen LogP contribution in [0, 0.1) is 0 Å². The molecule has 0 spiro atoms. The van der Waals surface area contributed by atoms with Crippen LogP contribution < -0.4 is 0 Å². The van der Waals surface area contributed by atoms with E-state index in [4.69, 9.17) is 5.11 Å². The fourth-order valence-electron chi connectivity index (χ4n) is 2.34. The molecule has 1 saturated carbocycles. The number of sulfonamides is 1. The number of carboxylic acid groups (broad SMARTS) is 1. The van der Waals surface area contributed by atoms with E-state index in [9.17, 15) is 13.2 Å². The van der Waals surface area contributed by atoms with Gasteiger partial charge in [-0.3, -0.25) is 4.79 Å². The Hall–Kier alpha value is -0.660. The van der Waals surface area contributed by atoms with Crippen molar-refractivity contribution in [2.24, 2.45) is 0 Å². The van der Waals surface area contributed by atoms with E-state index in [2.05, 4.69) is 0 Å². The lowest BCUT2D eigenvalue weighted by Crippen LogP contribution is -2.48. The minimum Gasteiger partial charge on any atom is -0.480 e. The van der Waals surface area contributed by atoms with Crippen LogP contribution in [0.1, 0.15) is 32.6 Å². The average Bonchev–Trinajstić information content (AvgIpc) is 2.80. The zero-order valence-corrected chi connectivity index (χ0v) is 12.7. The first-order valence-corrected chi connectivity index (χ1v) is 8.15. The predicted octanol–water partition coefficient (Wildman–Crippen LogP) is 0.596. The first-order valence-electron chi connectivity index (χ1n) is 6.65. The Kier molecular flexibility index (Phi) is 5.76. The summed E-state index contributed by atoms with van der Waals surface area (Å²) < 4.78 is 26.2. The van der Waals surface area contributed by atoms with Gasteiger partial charge in [0.2, 0.25) is 10.0 Å². The number of nitrogens with zero attached hydrogens (tertiary/aromatic N) is 2. The highest BCUT2D eigenvalue weighted by atomic mass is 32.2. The molecule has 1 unspecified atom stereocenters. The molecule has 0 aromatic heterocycles. The van der Waals surface area contributed by atoms with Crippen molar-refractivity contribution in [1.29, 1.82) is 0 Å². The van der Waals surface area contributed by atoms with Crippen LogP contribution in [0.5, 0.6) is 0 Å². The van der Waals surface area contributed by atoms with Gasteiger partial charge in [-0.1, -0.05) is 12.8 Å². The molecule has 1 aliphatic rings. The molecule has 112 valence electrons. The van der Waals surface area contributed by atoms with Gasteiger partial charge < -0.3 is 10.0 Å².